The van der Waals surface area contributed by atoms with Gasteiger partial charge in [0.1, 0.15) is 0 Å². The molecule has 5 nitrogen and oxygen atoms in total. The van der Waals surface area contributed by atoms with Gasteiger partial charge >= 0.3 is 6.03 Å². The first-order valence-electron chi connectivity index (χ1n) is 7.39. The molecule has 0 aliphatic carbocycles. The second-order valence-electron chi connectivity index (χ2n) is 5.77. The van der Waals surface area contributed by atoms with Gasteiger partial charge in [0.05, 0.1) is 0 Å². The van der Waals surface area contributed by atoms with E-state index in [2.05, 4.69) is 23.7 Å². The molecule has 0 aromatic carbocycles. The fourth-order valence-corrected chi connectivity index (χ4v) is 3.51. The Labute approximate surface area is 129 Å². The average molecular weight is 309 g/mol. The van der Waals surface area contributed by atoms with Crippen LogP contribution in [0.5, 0.6) is 0 Å². The molecular weight excluding hydrogens is 286 g/mol. The number of nitrogens with zero attached hydrogens (tertiary/aromatic N) is 1. The Morgan fingerprint density at radius 2 is 2.38 bits per heavy atom. The van der Waals surface area contributed by atoms with Crippen molar-refractivity contribution in [3.8, 4) is 0 Å². The van der Waals surface area contributed by atoms with E-state index in [1.54, 1.807) is 16.2 Å². The Morgan fingerprint density at radius 1 is 1.57 bits per heavy atom. The maximum atomic E-state index is 12.2. The van der Waals surface area contributed by atoms with Crippen LogP contribution in [0.4, 0.5) is 4.79 Å². The largest absolute Gasteiger partial charge is 0.370 e. The maximum Gasteiger partial charge on any atom is 0.317 e. The molecule has 0 saturated carbocycles. The third-order valence-corrected chi connectivity index (χ3v) is 4.67. The Hall–Kier alpha value is -1.56. The van der Waals surface area contributed by atoms with E-state index in [9.17, 15) is 9.59 Å². The van der Waals surface area contributed by atoms with E-state index in [0.717, 1.165) is 19.4 Å². The summed E-state index contributed by atoms with van der Waals surface area (Å²) in [6.07, 6.45) is 2.28. The predicted molar refractivity (Wildman–Crippen MR) is 84.2 cm³/mol. The summed E-state index contributed by atoms with van der Waals surface area (Å²) in [7, 11) is 0. The quantitative estimate of drug-likeness (QED) is 0.874. The zero-order valence-corrected chi connectivity index (χ0v) is 13.2. The van der Waals surface area contributed by atoms with E-state index < -0.39 is 0 Å². The molecule has 0 spiro atoms. The number of carbonyl (C=O) groups excluding carboxylic acids is 2. The molecule has 3 amide bonds. The number of urea groups is 1. The lowest BCUT2D eigenvalue weighted by Crippen LogP contribution is -2.46. The lowest BCUT2D eigenvalue weighted by molar-refractivity contribution is -0.119. The molecule has 0 unspecified atom stereocenters. The topological polar surface area (TPSA) is 75.4 Å². The molecule has 3 N–H and O–H groups in total. The number of thiophene rings is 1. The first-order chi connectivity index (χ1) is 10.1. The van der Waals surface area contributed by atoms with Gasteiger partial charge in [-0.15, -0.1) is 0 Å². The van der Waals surface area contributed by atoms with Gasteiger partial charge in [0.25, 0.3) is 0 Å². The molecule has 1 aliphatic heterocycles. The Kier molecular flexibility index (Phi) is 5.61. The predicted octanol–water partition coefficient (Wildman–Crippen LogP) is 2.15. The lowest BCUT2D eigenvalue weighted by atomic mass is 9.95. The molecular formula is C15H23N3O2S. The smallest absolute Gasteiger partial charge is 0.317 e. The van der Waals surface area contributed by atoms with Crippen molar-refractivity contribution in [3.63, 3.8) is 0 Å². The van der Waals surface area contributed by atoms with Crippen LogP contribution in [-0.4, -0.2) is 36.5 Å². The first kappa shape index (κ1) is 15.8. The molecule has 1 aromatic rings. The third-order valence-electron chi connectivity index (χ3n) is 3.97. The highest BCUT2D eigenvalue weighted by Crippen LogP contribution is 2.20. The molecule has 0 bridgehead atoms. The third kappa shape index (κ3) is 4.74. The molecule has 116 valence electrons. The number of nitrogens with one attached hydrogen (secondary N) is 1. The molecule has 6 heteroatoms. The molecule has 1 aliphatic rings. The van der Waals surface area contributed by atoms with Crippen LogP contribution >= 0.6 is 11.3 Å². The van der Waals surface area contributed by atoms with Gasteiger partial charge in [-0.2, -0.15) is 11.3 Å². The van der Waals surface area contributed by atoms with Crippen LogP contribution in [0, 0.1) is 5.92 Å². The minimum atomic E-state index is -0.284. The van der Waals surface area contributed by atoms with Crippen molar-refractivity contribution in [2.45, 2.75) is 32.1 Å². The normalized spacial score (nSPS) is 20.0. The van der Waals surface area contributed by atoms with E-state index in [4.69, 9.17) is 5.73 Å². The number of piperidine rings is 1. The lowest BCUT2D eigenvalue weighted by Gasteiger charge is -2.32. The fraction of sp³-hybridized carbons (Fsp3) is 0.600. The van der Waals surface area contributed by atoms with Crippen LogP contribution < -0.4 is 11.1 Å². The van der Waals surface area contributed by atoms with Crippen molar-refractivity contribution in [3.05, 3.63) is 22.4 Å². The average Bonchev–Trinajstić information content (AvgIpc) is 2.98. The Morgan fingerprint density at radius 3 is 3.05 bits per heavy atom. The summed E-state index contributed by atoms with van der Waals surface area (Å²) in [4.78, 5) is 25.0. The number of hydrogen-bond acceptors (Lipinski definition) is 3. The van der Waals surface area contributed by atoms with Crippen molar-refractivity contribution in [2.75, 3.05) is 19.6 Å². The van der Waals surface area contributed by atoms with Crippen LogP contribution in [0.1, 0.15) is 37.7 Å². The van der Waals surface area contributed by atoms with Crippen molar-refractivity contribution in [1.29, 1.82) is 0 Å². The fourth-order valence-electron chi connectivity index (χ4n) is 2.73. The van der Waals surface area contributed by atoms with E-state index in [1.165, 1.54) is 5.56 Å². The molecule has 0 radical (unpaired) electrons. The zero-order valence-electron chi connectivity index (χ0n) is 12.4. The minimum Gasteiger partial charge on any atom is -0.370 e. The minimum absolute atomic E-state index is 0.0359. The Bertz CT molecular complexity index is 475. The van der Waals surface area contributed by atoms with Crippen LogP contribution in [-0.2, 0) is 4.79 Å². The SMILES string of the molecule is C[C@H](CNC(=O)N1CCC[C@H](CC(N)=O)C1)c1ccsc1. The second kappa shape index (κ2) is 7.45. The van der Waals surface area contributed by atoms with Crippen molar-refractivity contribution < 1.29 is 9.59 Å². The van der Waals surface area contributed by atoms with Gasteiger partial charge in [-0.1, -0.05) is 6.92 Å². The van der Waals surface area contributed by atoms with Gasteiger partial charge in [0.15, 0.2) is 0 Å². The summed E-state index contributed by atoms with van der Waals surface area (Å²) in [5.74, 6) is 0.232. The number of nitrogens with two attached hydrogens (primary N) is 1. The van der Waals surface area contributed by atoms with E-state index in [1.807, 2.05) is 5.38 Å². The molecule has 1 fully saturated rings. The van der Waals surface area contributed by atoms with Crippen LogP contribution in [0.25, 0.3) is 0 Å². The van der Waals surface area contributed by atoms with Gasteiger partial charge in [-0.05, 0) is 47.1 Å². The van der Waals surface area contributed by atoms with E-state index >= 15 is 0 Å². The van der Waals surface area contributed by atoms with Gasteiger partial charge < -0.3 is 16.0 Å². The maximum absolute atomic E-state index is 12.2. The zero-order chi connectivity index (χ0) is 15.2. The number of hydrogen-bond donors (Lipinski definition) is 2. The summed E-state index contributed by atoms with van der Waals surface area (Å²) >= 11 is 1.67. The highest BCUT2D eigenvalue weighted by Gasteiger charge is 2.24. The van der Waals surface area contributed by atoms with Gasteiger partial charge in [-0.25, -0.2) is 4.79 Å². The summed E-state index contributed by atoms with van der Waals surface area (Å²) in [6.45, 7) is 4.12. The van der Waals surface area contributed by atoms with Crippen LogP contribution in [0.2, 0.25) is 0 Å². The summed E-state index contributed by atoms with van der Waals surface area (Å²) in [6, 6.07) is 2.05. The van der Waals surface area contributed by atoms with Gasteiger partial charge in [0, 0.05) is 26.1 Å². The molecule has 2 heterocycles. The van der Waals surface area contributed by atoms with Crippen LogP contribution in [0.3, 0.4) is 0 Å². The highest BCUT2D eigenvalue weighted by atomic mass is 32.1. The molecule has 21 heavy (non-hydrogen) atoms. The summed E-state index contributed by atoms with van der Waals surface area (Å²) < 4.78 is 0. The van der Waals surface area contributed by atoms with E-state index in [-0.39, 0.29) is 17.9 Å². The number of likely N-dealkylation sites (tertiary alicyclic amines) is 1. The standard InChI is InChI=1S/C15H23N3O2S/c1-11(13-4-6-21-10-13)8-17-15(20)18-5-2-3-12(9-18)7-14(16)19/h4,6,10-12H,2-3,5,7-9H2,1H3,(H2,16,19)(H,17,20)/t11-,12-/m1/s1. The first-order valence-corrected chi connectivity index (χ1v) is 8.33. The monoisotopic (exact) mass is 309 g/mol. The summed E-state index contributed by atoms with van der Waals surface area (Å²) in [5, 5.41) is 7.15. The van der Waals surface area contributed by atoms with Crippen LogP contribution in [0.15, 0.2) is 16.8 Å². The number of amides is 3. The van der Waals surface area contributed by atoms with Gasteiger partial charge in [-0.3, -0.25) is 4.79 Å². The van der Waals surface area contributed by atoms with Crippen molar-refractivity contribution in [2.24, 2.45) is 11.7 Å². The number of primary amides is 1. The van der Waals surface area contributed by atoms with Crippen molar-refractivity contribution >= 4 is 23.3 Å². The number of carbonyl (C=O) groups is 2. The molecule has 1 aromatic heterocycles. The Balaban J connectivity index is 1.78. The van der Waals surface area contributed by atoms with E-state index in [0.29, 0.717) is 25.4 Å². The molecule has 1 saturated heterocycles. The van der Waals surface area contributed by atoms with Crippen molar-refractivity contribution in [1.82, 2.24) is 10.2 Å². The highest BCUT2D eigenvalue weighted by molar-refractivity contribution is 7.07. The molecule has 2 atom stereocenters. The second-order valence-corrected chi connectivity index (χ2v) is 6.55. The summed E-state index contributed by atoms with van der Waals surface area (Å²) in [5.41, 5.74) is 6.50. The molecule has 2 rings (SSSR count). The number of rotatable bonds is 5. The van der Waals surface area contributed by atoms with Gasteiger partial charge in [0.2, 0.25) is 5.91 Å².